The van der Waals surface area contributed by atoms with Crippen molar-refractivity contribution in [3.05, 3.63) is 35.4 Å². The fraction of sp³-hybridized carbons (Fsp3) is 0.308. The van der Waals surface area contributed by atoms with Crippen molar-refractivity contribution in [3.8, 4) is 11.8 Å². The van der Waals surface area contributed by atoms with Crippen LogP contribution in [0, 0.1) is 24.2 Å². The van der Waals surface area contributed by atoms with E-state index in [2.05, 4.69) is 11.8 Å². The molecule has 0 aliphatic carbocycles. The highest BCUT2D eigenvalue weighted by Gasteiger charge is 2.07. The number of hydrogen-bond donors (Lipinski definition) is 2. The average molecular weight is 217 g/mol. The van der Waals surface area contributed by atoms with Crippen molar-refractivity contribution in [2.75, 3.05) is 6.61 Å². The van der Waals surface area contributed by atoms with Crippen LogP contribution in [0.1, 0.15) is 18.1 Å². The van der Waals surface area contributed by atoms with E-state index in [1.54, 1.807) is 6.92 Å². The zero-order valence-corrected chi connectivity index (χ0v) is 9.45. The highest BCUT2D eigenvalue weighted by Crippen LogP contribution is 2.01. The van der Waals surface area contributed by atoms with Gasteiger partial charge in [-0.05, 0) is 26.0 Å². The molecule has 0 saturated carbocycles. The Balaban J connectivity index is 2.66. The normalized spacial score (nSPS) is 11.2. The summed E-state index contributed by atoms with van der Waals surface area (Å²) in [7, 11) is 0. The van der Waals surface area contributed by atoms with E-state index >= 15 is 0 Å². The van der Waals surface area contributed by atoms with Gasteiger partial charge in [0.2, 0.25) is 5.90 Å². The van der Waals surface area contributed by atoms with Crippen LogP contribution >= 0.6 is 0 Å². The second kappa shape index (κ2) is 5.94. The van der Waals surface area contributed by atoms with Crippen LogP contribution < -0.4 is 0 Å². The maximum Gasteiger partial charge on any atom is 0.223 e. The fourth-order valence-electron chi connectivity index (χ4n) is 1.09. The first-order chi connectivity index (χ1) is 7.63. The number of nitrogens with one attached hydrogen (secondary N) is 1. The van der Waals surface area contributed by atoms with E-state index in [1.165, 1.54) is 0 Å². The SMILES string of the molecule is CCOC(=N)C(O)C#Cc1ccc(C)cc1. The van der Waals surface area contributed by atoms with Gasteiger partial charge in [-0.3, -0.25) is 5.41 Å². The van der Waals surface area contributed by atoms with E-state index in [9.17, 15) is 5.11 Å². The Labute approximate surface area is 95.6 Å². The zero-order chi connectivity index (χ0) is 12.0. The second-order valence-electron chi connectivity index (χ2n) is 3.34. The molecular formula is C13H15NO2. The third-order valence-electron chi connectivity index (χ3n) is 1.95. The molecule has 0 spiro atoms. The highest BCUT2D eigenvalue weighted by atomic mass is 16.5. The van der Waals surface area contributed by atoms with E-state index in [4.69, 9.17) is 10.1 Å². The Hall–Kier alpha value is -1.79. The van der Waals surface area contributed by atoms with Crippen LogP contribution in [0.2, 0.25) is 0 Å². The van der Waals surface area contributed by atoms with Crippen molar-refractivity contribution >= 4 is 5.90 Å². The van der Waals surface area contributed by atoms with Crippen molar-refractivity contribution in [1.82, 2.24) is 0 Å². The minimum absolute atomic E-state index is 0.206. The molecule has 0 saturated heterocycles. The summed E-state index contributed by atoms with van der Waals surface area (Å²) in [5.74, 6) is 5.14. The molecule has 0 amide bonds. The summed E-state index contributed by atoms with van der Waals surface area (Å²) in [6.07, 6.45) is -1.15. The van der Waals surface area contributed by atoms with Gasteiger partial charge in [0.25, 0.3) is 0 Å². The Morgan fingerprint density at radius 1 is 1.44 bits per heavy atom. The molecule has 16 heavy (non-hydrogen) atoms. The molecule has 1 atom stereocenters. The molecule has 3 nitrogen and oxygen atoms in total. The van der Waals surface area contributed by atoms with Crippen molar-refractivity contribution in [3.63, 3.8) is 0 Å². The molecule has 0 aliphatic heterocycles. The molecular weight excluding hydrogens is 202 g/mol. The Kier molecular flexibility index (Phi) is 4.56. The number of aliphatic hydroxyl groups is 1. The third kappa shape index (κ3) is 3.76. The van der Waals surface area contributed by atoms with Crippen LogP contribution in [0.3, 0.4) is 0 Å². The van der Waals surface area contributed by atoms with Gasteiger partial charge < -0.3 is 9.84 Å². The Bertz CT molecular complexity index is 412. The van der Waals surface area contributed by atoms with Gasteiger partial charge in [-0.15, -0.1) is 0 Å². The number of hydrogen-bond acceptors (Lipinski definition) is 3. The lowest BCUT2D eigenvalue weighted by Crippen LogP contribution is -2.20. The summed E-state index contributed by atoms with van der Waals surface area (Å²) in [5, 5.41) is 16.8. The monoisotopic (exact) mass is 217 g/mol. The van der Waals surface area contributed by atoms with Gasteiger partial charge in [0.1, 0.15) is 0 Å². The van der Waals surface area contributed by atoms with Crippen LogP contribution in [0.4, 0.5) is 0 Å². The lowest BCUT2D eigenvalue weighted by molar-refractivity contribution is 0.227. The summed E-state index contributed by atoms with van der Waals surface area (Å²) in [6.45, 7) is 4.12. The van der Waals surface area contributed by atoms with Gasteiger partial charge in [-0.25, -0.2) is 0 Å². The van der Waals surface area contributed by atoms with Crippen molar-refractivity contribution in [2.45, 2.75) is 20.0 Å². The first kappa shape index (κ1) is 12.3. The molecule has 1 aromatic carbocycles. The molecule has 1 aromatic rings. The third-order valence-corrected chi connectivity index (χ3v) is 1.95. The predicted octanol–water partition coefficient (Wildman–Crippen LogP) is 1.72. The van der Waals surface area contributed by atoms with Gasteiger partial charge >= 0.3 is 0 Å². The standard InChI is InChI=1S/C13H15NO2/c1-3-16-13(14)12(15)9-8-11-6-4-10(2)5-7-11/h4-7,12,14-15H,3H2,1-2H3. The van der Waals surface area contributed by atoms with Crippen LogP contribution in [0.25, 0.3) is 0 Å². The minimum Gasteiger partial charge on any atom is -0.479 e. The number of ether oxygens (including phenoxy) is 1. The maximum atomic E-state index is 9.44. The summed E-state index contributed by atoms with van der Waals surface area (Å²) in [6, 6.07) is 7.65. The maximum absolute atomic E-state index is 9.44. The molecule has 3 heteroatoms. The van der Waals surface area contributed by atoms with E-state index in [-0.39, 0.29) is 5.90 Å². The second-order valence-corrected chi connectivity index (χ2v) is 3.34. The van der Waals surface area contributed by atoms with Crippen molar-refractivity contribution in [1.29, 1.82) is 5.41 Å². The summed E-state index contributed by atoms with van der Waals surface area (Å²) < 4.78 is 4.84. The average Bonchev–Trinajstić information content (AvgIpc) is 2.28. The van der Waals surface area contributed by atoms with Gasteiger partial charge in [-0.2, -0.15) is 0 Å². The van der Waals surface area contributed by atoms with Crippen LogP contribution in [0.5, 0.6) is 0 Å². The highest BCUT2D eigenvalue weighted by molar-refractivity contribution is 5.80. The molecule has 1 rings (SSSR count). The summed E-state index contributed by atoms with van der Waals surface area (Å²) in [4.78, 5) is 0. The topological polar surface area (TPSA) is 53.3 Å². The number of rotatable bonds is 2. The van der Waals surface area contributed by atoms with E-state index in [1.807, 2.05) is 31.2 Å². The molecule has 84 valence electrons. The molecule has 0 aliphatic rings. The minimum atomic E-state index is -1.15. The zero-order valence-electron chi connectivity index (χ0n) is 9.45. The molecule has 0 aromatic heterocycles. The van der Waals surface area contributed by atoms with Crippen LogP contribution in [0.15, 0.2) is 24.3 Å². The largest absolute Gasteiger partial charge is 0.479 e. The lowest BCUT2D eigenvalue weighted by Gasteiger charge is -2.05. The van der Waals surface area contributed by atoms with E-state index < -0.39 is 6.10 Å². The van der Waals surface area contributed by atoms with Crippen LogP contribution in [-0.2, 0) is 4.74 Å². The van der Waals surface area contributed by atoms with Crippen molar-refractivity contribution in [2.24, 2.45) is 0 Å². The first-order valence-electron chi connectivity index (χ1n) is 5.11. The fourth-order valence-corrected chi connectivity index (χ4v) is 1.09. The predicted molar refractivity (Wildman–Crippen MR) is 63.4 cm³/mol. The summed E-state index contributed by atoms with van der Waals surface area (Å²) in [5.41, 5.74) is 1.97. The lowest BCUT2D eigenvalue weighted by atomic mass is 10.1. The Morgan fingerprint density at radius 2 is 2.06 bits per heavy atom. The van der Waals surface area contributed by atoms with Gasteiger partial charge in [0.05, 0.1) is 6.61 Å². The number of aliphatic hydroxyl groups excluding tert-OH is 1. The van der Waals surface area contributed by atoms with E-state index in [0.717, 1.165) is 11.1 Å². The summed E-state index contributed by atoms with van der Waals surface area (Å²) >= 11 is 0. The Morgan fingerprint density at radius 3 is 2.62 bits per heavy atom. The quantitative estimate of drug-likeness (QED) is 0.450. The van der Waals surface area contributed by atoms with E-state index in [0.29, 0.717) is 6.61 Å². The van der Waals surface area contributed by atoms with Gasteiger partial charge in [0.15, 0.2) is 6.10 Å². The molecule has 0 heterocycles. The number of benzene rings is 1. The molecule has 0 fully saturated rings. The molecule has 2 N–H and O–H groups in total. The van der Waals surface area contributed by atoms with Gasteiger partial charge in [-0.1, -0.05) is 29.5 Å². The molecule has 1 unspecified atom stereocenters. The first-order valence-corrected chi connectivity index (χ1v) is 5.11. The van der Waals surface area contributed by atoms with Crippen molar-refractivity contribution < 1.29 is 9.84 Å². The van der Waals surface area contributed by atoms with Crippen LogP contribution in [-0.4, -0.2) is 23.7 Å². The molecule has 0 radical (unpaired) electrons. The smallest absolute Gasteiger partial charge is 0.223 e. The van der Waals surface area contributed by atoms with Gasteiger partial charge in [0, 0.05) is 5.56 Å². The number of aryl methyl sites for hydroxylation is 1. The molecule has 0 bridgehead atoms.